The zero-order valence-electron chi connectivity index (χ0n) is 14.1. The van der Waals surface area contributed by atoms with Gasteiger partial charge in [0.25, 0.3) is 11.8 Å². The van der Waals surface area contributed by atoms with Crippen LogP contribution in [-0.2, 0) is 4.79 Å². The van der Waals surface area contributed by atoms with E-state index in [9.17, 15) is 9.59 Å². The van der Waals surface area contributed by atoms with E-state index in [-0.39, 0.29) is 17.5 Å². The normalized spacial score (nSPS) is 11.0. The number of amides is 2. The fourth-order valence-corrected chi connectivity index (χ4v) is 2.27. The second kappa shape index (κ2) is 9.64. The molecule has 0 saturated carbocycles. The molecule has 0 aliphatic heterocycles. The van der Waals surface area contributed by atoms with Crippen LogP contribution in [0, 0.1) is 0 Å². The topological polar surface area (TPSA) is 58.2 Å². The minimum Gasteiger partial charge on any atom is -0.351 e. The van der Waals surface area contributed by atoms with Crippen molar-refractivity contribution in [2.45, 2.75) is 19.8 Å². The highest BCUT2D eigenvalue weighted by molar-refractivity contribution is 6.30. The third-order valence-corrected chi connectivity index (χ3v) is 3.78. The molecule has 2 N–H and O–H groups in total. The lowest BCUT2D eigenvalue weighted by molar-refractivity contribution is -0.117. The van der Waals surface area contributed by atoms with Gasteiger partial charge in [-0.1, -0.05) is 55.3 Å². The van der Waals surface area contributed by atoms with E-state index in [1.165, 1.54) is 0 Å². The summed E-state index contributed by atoms with van der Waals surface area (Å²) in [7, 11) is 0. The Morgan fingerprint density at radius 3 is 2.36 bits per heavy atom. The van der Waals surface area contributed by atoms with Crippen LogP contribution in [0.15, 0.2) is 60.3 Å². The number of carbonyl (C=O) groups is 2. The Morgan fingerprint density at radius 2 is 1.72 bits per heavy atom. The monoisotopic (exact) mass is 356 g/mol. The van der Waals surface area contributed by atoms with Crippen LogP contribution in [-0.4, -0.2) is 18.4 Å². The van der Waals surface area contributed by atoms with Gasteiger partial charge in [-0.2, -0.15) is 0 Å². The molecule has 0 aliphatic rings. The number of hydrogen-bond acceptors (Lipinski definition) is 2. The first-order valence-corrected chi connectivity index (χ1v) is 8.60. The third kappa shape index (κ3) is 6.08. The maximum atomic E-state index is 12.4. The van der Waals surface area contributed by atoms with Gasteiger partial charge in [-0.3, -0.25) is 9.59 Å². The Hall–Kier alpha value is -2.59. The summed E-state index contributed by atoms with van der Waals surface area (Å²) in [4.78, 5) is 24.8. The molecule has 0 unspecified atom stereocenters. The van der Waals surface area contributed by atoms with Crippen LogP contribution in [0.5, 0.6) is 0 Å². The Labute approximate surface area is 152 Å². The molecular formula is C20H21ClN2O2. The first-order chi connectivity index (χ1) is 12.1. The highest BCUT2D eigenvalue weighted by atomic mass is 35.5. The quantitative estimate of drug-likeness (QED) is 0.581. The average molecular weight is 357 g/mol. The molecule has 130 valence electrons. The lowest BCUT2D eigenvalue weighted by atomic mass is 10.1. The maximum Gasteiger partial charge on any atom is 0.267 e. The highest BCUT2D eigenvalue weighted by Crippen LogP contribution is 2.12. The number of halogens is 1. The van der Waals surface area contributed by atoms with Crippen molar-refractivity contribution in [3.63, 3.8) is 0 Å². The van der Waals surface area contributed by atoms with Crippen LogP contribution < -0.4 is 10.6 Å². The molecule has 0 saturated heterocycles. The van der Waals surface area contributed by atoms with E-state index in [1.54, 1.807) is 54.6 Å². The van der Waals surface area contributed by atoms with E-state index < -0.39 is 0 Å². The molecule has 0 heterocycles. The van der Waals surface area contributed by atoms with Gasteiger partial charge in [-0.05, 0) is 42.3 Å². The summed E-state index contributed by atoms with van der Waals surface area (Å²) in [5.41, 5.74) is 1.47. The molecule has 0 aromatic heterocycles. The van der Waals surface area contributed by atoms with Gasteiger partial charge in [0.1, 0.15) is 5.70 Å². The Kier molecular flexibility index (Phi) is 7.23. The van der Waals surface area contributed by atoms with Crippen LogP contribution >= 0.6 is 11.6 Å². The lowest BCUT2D eigenvalue weighted by Gasteiger charge is -2.11. The molecule has 2 aromatic rings. The number of rotatable bonds is 7. The van der Waals surface area contributed by atoms with E-state index in [1.807, 2.05) is 13.0 Å². The number of hydrogen-bond donors (Lipinski definition) is 2. The van der Waals surface area contributed by atoms with Gasteiger partial charge in [0, 0.05) is 17.1 Å². The van der Waals surface area contributed by atoms with E-state index in [0.717, 1.165) is 18.4 Å². The Balaban J connectivity index is 2.20. The number of carbonyl (C=O) groups excluding carboxylic acids is 2. The molecule has 4 nitrogen and oxygen atoms in total. The van der Waals surface area contributed by atoms with Gasteiger partial charge >= 0.3 is 0 Å². The molecule has 0 aliphatic carbocycles. The minimum atomic E-state index is -0.327. The van der Waals surface area contributed by atoms with E-state index in [4.69, 9.17) is 11.6 Å². The third-order valence-electron chi connectivity index (χ3n) is 3.53. The summed E-state index contributed by atoms with van der Waals surface area (Å²) in [6.45, 7) is 2.61. The van der Waals surface area contributed by atoms with Gasteiger partial charge in [0.2, 0.25) is 0 Å². The van der Waals surface area contributed by atoms with Gasteiger partial charge in [0.15, 0.2) is 0 Å². The smallest absolute Gasteiger partial charge is 0.267 e. The van der Waals surface area contributed by atoms with E-state index in [2.05, 4.69) is 10.6 Å². The highest BCUT2D eigenvalue weighted by Gasteiger charge is 2.14. The minimum absolute atomic E-state index is 0.201. The SMILES string of the molecule is CCCCNC(=O)C(=Cc1ccc(Cl)cc1)NC(=O)c1ccccc1. The first kappa shape index (κ1) is 18.7. The van der Waals surface area contributed by atoms with Crippen molar-refractivity contribution in [1.82, 2.24) is 10.6 Å². The van der Waals surface area contributed by atoms with Crippen molar-refractivity contribution >= 4 is 29.5 Å². The van der Waals surface area contributed by atoms with Crippen molar-refractivity contribution < 1.29 is 9.59 Å². The summed E-state index contributed by atoms with van der Waals surface area (Å²) in [5.74, 6) is -0.640. The molecule has 2 rings (SSSR count). The number of benzene rings is 2. The van der Waals surface area contributed by atoms with Crippen molar-refractivity contribution in [3.05, 3.63) is 76.4 Å². The molecule has 2 amide bonds. The van der Waals surface area contributed by atoms with Crippen molar-refractivity contribution in [1.29, 1.82) is 0 Å². The summed E-state index contributed by atoms with van der Waals surface area (Å²) < 4.78 is 0. The van der Waals surface area contributed by atoms with Gasteiger partial charge in [-0.15, -0.1) is 0 Å². The van der Waals surface area contributed by atoms with Crippen LogP contribution in [0.2, 0.25) is 5.02 Å². The standard InChI is InChI=1S/C20H21ClN2O2/c1-2-3-13-22-20(25)18(14-15-9-11-17(21)12-10-15)23-19(24)16-7-5-4-6-8-16/h4-12,14H,2-3,13H2,1H3,(H,22,25)(H,23,24). The van der Waals surface area contributed by atoms with Crippen LogP contribution in [0.25, 0.3) is 6.08 Å². The summed E-state index contributed by atoms with van der Waals surface area (Å²) in [6, 6.07) is 15.8. The molecule has 5 heteroatoms. The van der Waals surface area contributed by atoms with E-state index in [0.29, 0.717) is 17.1 Å². The van der Waals surface area contributed by atoms with Crippen molar-refractivity contribution in [2.24, 2.45) is 0 Å². The average Bonchev–Trinajstić information content (AvgIpc) is 2.63. The zero-order valence-corrected chi connectivity index (χ0v) is 14.8. The predicted octanol–water partition coefficient (Wildman–Crippen LogP) is 4.03. The number of unbranched alkanes of at least 4 members (excludes halogenated alkanes) is 1. The second-order valence-electron chi connectivity index (χ2n) is 5.54. The molecular weight excluding hydrogens is 336 g/mol. The first-order valence-electron chi connectivity index (χ1n) is 8.22. The van der Waals surface area contributed by atoms with Crippen molar-refractivity contribution in [3.8, 4) is 0 Å². The molecule has 0 atom stereocenters. The summed E-state index contributed by atoms with van der Waals surface area (Å²) >= 11 is 5.89. The number of nitrogens with one attached hydrogen (secondary N) is 2. The van der Waals surface area contributed by atoms with Gasteiger partial charge in [-0.25, -0.2) is 0 Å². The molecule has 2 aromatic carbocycles. The van der Waals surface area contributed by atoms with Gasteiger partial charge < -0.3 is 10.6 Å². The predicted molar refractivity (Wildman–Crippen MR) is 101 cm³/mol. The van der Waals surface area contributed by atoms with Crippen molar-refractivity contribution in [2.75, 3.05) is 6.54 Å². The largest absolute Gasteiger partial charge is 0.351 e. The molecule has 0 spiro atoms. The zero-order chi connectivity index (χ0) is 18.1. The lowest BCUT2D eigenvalue weighted by Crippen LogP contribution is -2.35. The maximum absolute atomic E-state index is 12.4. The Bertz CT molecular complexity index is 740. The fourth-order valence-electron chi connectivity index (χ4n) is 2.14. The molecule has 0 radical (unpaired) electrons. The van der Waals surface area contributed by atoms with Gasteiger partial charge in [0.05, 0.1) is 0 Å². The van der Waals surface area contributed by atoms with E-state index >= 15 is 0 Å². The molecule has 25 heavy (non-hydrogen) atoms. The van der Waals surface area contributed by atoms with Crippen LogP contribution in [0.3, 0.4) is 0 Å². The van der Waals surface area contributed by atoms with Crippen LogP contribution in [0.1, 0.15) is 35.7 Å². The summed E-state index contributed by atoms with van der Waals surface area (Å²) in [6.07, 6.45) is 3.50. The Morgan fingerprint density at radius 1 is 1.04 bits per heavy atom. The van der Waals surface area contributed by atoms with Crippen LogP contribution in [0.4, 0.5) is 0 Å². The second-order valence-corrected chi connectivity index (χ2v) is 5.98. The molecule has 0 bridgehead atoms. The fraction of sp³-hybridized carbons (Fsp3) is 0.200. The summed E-state index contributed by atoms with van der Waals surface area (Å²) in [5, 5.41) is 6.13. The molecule has 0 fully saturated rings.